The molecule has 0 spiro atoms. The lowest BCUT2D eigenvalue weighted by atomic mass is 10.2. The normalized spacial score (nSPS) is 10.8. The smallest absolute Gasteiger partial charge is 0.224 e. The summed E-state index contributed by atoms with van der Waals surface area (Å²) in [6.07, 6.45) is 2.88. The van der Waals surface area contributed by atoms with Gasteiger partial charge in [-0.1, -0.05) is 6.07 Å². The lowest BCUT2D eigenvalue weighted by Crippen LogP contribution is -1.98. The number of rotatable bonds is 2. The highest BCUT2D eigenvalue weighted by atomic mass is 35.5. The molecule has 0 radical (unpaired) electrons. The van der Waals surface area contributed by atoms with E-state index in [1.165, 1.54) is 0 Å². The summed E-state index contributed by atoms with van der Waals surface area (Å²) in [4.78, 5) is 10.4. The Morgan fingerprint density at radius 1 is 1.28 bits per heavy atom. The zero-order valence-corrected chi connectivity index (χ0v) is 9.87. The summed E-state index contributed by atoms with van der Waals surface area (Å²) in [7, 11) is 0. The lowest BCUT2D eigenvalue weighted by molar-refractivity contribution is 0.619. The topological polar surface area (TPSA) is 53.6 Å². The highest BCUT2D eigenvalue weighted by molar-refractivity contribution is 6.28. The minimum absolute atomic E-state index is 0.000137. The minimum Gasteiger partial charge on any atom is -0.361 e. The van der Waals surface area contributed by atoms with E-state index in [0.717, 1.165) is 22.8 Å². The quantitative estimate of drug-likeness (QED) is 0.695. The van der Waals surface area contributed by atoms with Crippen molar-refractivity contribution in [2.24, 2.45) is 0 Å². The van der Waals surface area contributed by atoms with E-state index in [0.29, 0.717) is 0 Å². The second-order valence-corrected chi connectivity index (χ2v) is 4.08. The predicted octanol–water partition coefficient (Wildman–Crippen LogP) is 3.49. The van der Waals surface area contributed by atoms with Gasteiger partial charge in [-0.2, -0.15) is 4.98 Å². The van der Waals surface area contributed by atoms with Gasteiger partial charge in [0.1, 0.15) is 0 Å². The Bertz CT molecular complexity index is 710. The number of hydrogen-bond donors (Lipinski definition) is 2. The van der Waals surface area contributed by atoms with Crippen LogP contribution in [-0.4, -0.2) is 15.0 Å². The van der Waals surface area contributed by atoms with Crippen LogP contribution in [0.2, 0.25) is 5.28 Å². The van der Waals surface area contributed by atoms with Crippen LogP contribution in [0.1, 0.15) is 0 Å². The monoisotopic (exact) mass is 262 g/mol. The third-order valence-electron chi connectivity index (χ3n) is 2.53. The van der Waals surface area contributed by atoms with E-state index >= 15 is 0 Å². The fourth-order valence-electron chi connectivity index (χ4n) is 1.70. The van der Waals surface area contributed by atoms with Gasteiger partial charge in [-0.3, -0.25) is 0 Å². The second-order valence-electron chi connectivity index (χ2n) is 3.74. The molecule has 0 atom stereocenters. The van der Waals surface area contributed by atoms with E-state index in [1.807, 2.05) is 30.5 Å². The van der Waals surface area contributed by atoms with Gasteiger partial charge < -0.3 is 10.3 Å². The van der Waals surface area contributed by atoms with Gasteiger partial charge in [0.15, 0.2) is 11.6 Å². The van der Waals surface area contributed by atoms with Gasteiger partial charge in [-0.05, 0) is 35.2 Å². The number of hydrogen-bond acceptors (Lipinski definition) is 3. The van der Waals surface area contributed by atoms with Crippen LogP contribution in [0.25, 0.3) is 10.9 Å². The van der Waals surface area contributed by atoms with E-state index in [1.54, 1.807) is 0 Å². The van der Waals surface area contributed by atoms with Crippen LogP contribution in [0.15, 0.2) is 36.7 Å². The van der Waals surface area contributed by atoms with Crippen molar-refractivity contribution in [3.8, 4) is 0 Å². The standard InChI is InChI=1S/C12H8ClFN4/c13-12-16-6-9(14)11(18-12)17-8-2-1-7-3-4-15-10(7)5-8/h1-6,15H,(H,16,17,18). The first-order valence-electron chi connectivity index (χ1n) is 5.24. The molecule has 0 amide bonds. The fourth-order valence-corrected chi connectivity index (χ4v) is 1.83. The van der Waals surface area contributed by atoms with Crippen molar-refractivity contribution in [2.45, 2.75) is 0 Å². The van der Waals surface area contributed by atoms with Crippen molar-refractivity contribution in [3.63, 3.8) is 0 Å². The molecular weight excluding hydrogens is 255 g/mol. The molecule has 3 rings (SSSR count). The van der Waals surface area contributed by atoms with Crippen LogP contribution in [0.3, 0.4) is 0 Å². The van der Waals surface area contributed by atoms with Crippen LogP contribution < -0.4 is 5.32 Å². The Morgan fingerprint density at radius 2 is 2.17 bits per heavy atom. The number of nitrogens with zero attached hydrogens (tertiary/aromatic N) is 2. The molecule has 2 N–H and O–H groups in total. The number of aromatic amines is 1. The van der Waals surface area contributed by atoms with Gasteiger partial charge in [-0.25, -0.2) is 9.37 Å². The maximum atomic E-state index is 13.5. The lowest BCUT2D eigenvalue weighted by Gasteiger charge is -2.06. The summed E-state index contributed by atoms with van der Waals surface area (Å²) in [6.45, 7) is 0. The van der Waals surface area contributed by atoms with Crippen molar-refractivity contribution in [1.29, 1.82) is 0 Å². The van der Waals surface area contributed by atoms with Crippen molar-refractivity contribution < 1.29 is 4.39 Å². The third kappa shape index (κ3) is 2.00. The Hall–Kier alpha value is -2.14. The number of anilines is 2. The molecule has 90 valence electrons. The van der Waals surface area contributed by atoms with Crippen molar-refractivity contribution >= 4 is 34.0 Å². The molecular formula is C12H8ClFN4. The largest absolute Gasteiger partial charge is 0.361 e. The number of fused-ring (bicyclic) bond motifs is 1. The van der Waals surface area contributed by atoms with Crippen LogP contribution in [0.5, 0.6) is 0 Å². The molecule has 2 aromatic heterocycles. The van der Waals surface area contributed by atoms with Crippen LogP contribution in [0.4, 0.5) is 15.9 Å². The first kappa shape index (κ1) is 11.0. The van der Waals surface area contributed by atoms with Gasteiger partial charge in [-0.15, -0.1) is 0 Å². The Morgan fingerprint density at radius 3 is 3.06 bits per heavy atom. The van der Waals surface area contributed by atoms with Gasteiger partial charge >= 0.3 is 0 Å². The zero-order chi connectivity index (χ0) is 12.5. The molecule has 0 fully saturated rings. The summed E-state index contributed by atoms with van der Waals surface area (Å²) in [6, 6.07) is 7.59. The number of aromatic nitrogens is 3. The average molecular weight is 263 g/mol. The molecule has 0 aliphatic carbocycles. The molecule has 0 saturated carbocycles. The van der Waals surface area contributed by atoms with Gasteiger partial charge in [0.2, 0.25) is 5.28 Å². The van der Waals surface area contributed by atoms with E-state index in [-0.39, 0.29) is 11.1 Å². The van der Waals surface area contributed by atoms with E-state index in [2.05, 4.69) is 20.3 Å². The van der Waals surface area contributed by atoms with Gasteiger partial charge in [0.05, 0.1) is 6.20 Å². The van der Waals surface area contributed by atoms with Gasteiger partial charge in [0.25, 0.3) is 0 Å². The maximum absolute atomic E-state index is 13.5. The molecule has 3 aromatic rings. The van der Waals surface area contributed by atoms with Crippen LogP contribution >= 0.6 is 11.6 Å². The zero-order valence-electron chi connectivity index (χ0n) is 9.11. The highest BCUT2D eigenvalue weighted by Crippen LogP contribution is 2.22. The average Bonchev–Trinajstić information content (AvgIpc) is 2.81. The molecule has 0 saturated heterocycles. The van der Waals surface area contributed by atoms with Gasteiger partial charge in [0, 0.05) is 17.4 Å². The molecule has 0 aliphatic heterocycles. The summed E-state index contributed by atoms with van der Waals surface area (Å²) in [5, 5.41) is 3.95. The van der Waals surface area contributed by atoms with Crippen LogP contribution in [-0.2, 0) is 0 Å². The molecule has 1 aromatic carbocycles. The highest BCUT2D eigenvalue weighted by Gasteiger charge is 2.06. The van der Waals surface area contributed by atoms with Crippen molar-refractivity contribution in [3.05, 3.63) is 47.8 Å². The van der Waals surface area contributed by atoms with E-state index < -0.39 is 5.82 Å². The van der Waals surface area contributed by atoms with Crippen molar-refractivity contribution in [2.75, 3.05) is 5.32 Å². The SMILES string of the molecule is Fc1cnc(Cl)nc1Nc1ccc2cc[nH]c2c1. The molecule has 0 aliphatic rings. The first-order chi connectivity index (χ1) is 8.72. The molecule has 4 nitrogen and oxygen atoms in total. The fraction of sp³-hybridized carbons (Fsp3) is 0. The summed E-state index contributed by atoms with van der Waals surface area (Å²) in [5.41, 5.74) is 1.68. The summed E-state index contributed by atoms with van der Waals surface area (Å²) in [5.74, 6) is -0.494. The van der Waals surface area contributed by atoms with E-state index in [9.17, 15) is 4.39 Å². The number of H-pyrrole nitrogens is 1. The molecule has 0 unspecified atom stereocenters. The minimum atomic E-state index is -0.550. The second kappa shape index (κ2) is 4.27. The molecule has 6 heteroatoms. The predicted molar refractivity (Wildman–Crippen MR) is 68.6 cm³/mol. The van der Waals surface area contributed by atoms with Crippen molar-refractivity contribution in [1.82, 2.24) is 15.0 Å². The Labute approximate surface area is 107 Å². The number of nitrogens with one attached hydrogen (secondary N) is 2. The third-order valence-corrected chi connectivity index (χ3v) is 2.71. The Kier molecular flexibility index (Phi) is 2.60. The van der Waals surface area contributed by atoms with Crippen LogP contribution in [0, 0.1) is 5.82 Å². The first-order valence-corrected chi connectivity index (χ1v) is 5.62. The Balaban J connectivity index is 1.97. The number of halogens is 2. The molecule has 18 heavy (non-hydrogen) atoms. The number of benzene rings is 1. The molecule has 0 bridgehead atoms. The summed E-state index contributed by atoms with van der Waals surface area (Å²) < 4.78 is 13.5. The van der Waals surface area contributed by atoms with E-state index in [4.69, 9.17) is 11.6 Å². The summed E-state index contributed by atoms with van der Waals surface area (Å²) >= 11 is 5.63. The maximum Gasteiger partial charge on any atom is 0.224 e. The molecule has 2 heterocycles.